The summed E-state index contributed by atoms with van der Waals surface area (Å²) in [5.74, 6) is -2.75. The molecular weight excluding hydrogens is 452 g/mol. The summed E-state index contributed by atoms with van der Waals surface area (Å²) in [6, 6.07) is 1.69. The van der Waals surface area contributed by atoms with Gasteiger partial charge in [-0.2, -0.15) is 11.8 Å². The van der Waals surface area contributed by atoms with E-state index in [2.05, 4.69) is 16.0 Å². The van der Waals surface area contributed by atoms with Crippen LogP contribution in [0.1, 0.15) is 25.8 Å². The largest absolute Gasteiger partial charge is 0.508 e. The normalized spacial score (nSPS) is 15.4. The molecule has 1 rings (SSSR count). The molecule has 0 aliphatic carbocycles. The van der Waals surface area contributed by atoms with Crippen LogP contribution in [0, 0.1) is 0 Å². The number of aliphatic hydroxyl groups excluding tert-OH is 1. The number of aliphatic hydroxyl groups is 1. The molecule has 0 aromatic heterocycles. The van der Waals surface area contributed by atoms with Gasteiger partial charge in [-0.25, -0.2) is 4.79 Å². The number of aliphatic carboxylic acids is 1. The molecular formula is C21H32N4O7S. The Bertz CT molecular complexity index is 819. The smallest absolute Gasteiger partial charge is 0.328 e. The zero-order valence-electron chi connectivity index (χ0n) is 18.8. The highest BCUT2D eigenvalue weighted by molar-refractivity contribution is 7.98. The van der Waals surface area contributed by atoms with Gasteiger partial charge in [-0.1, -0.05) is 12.1 Å². The summed E-state index contributed by atoms with van der Waals surface area (Å²) in [6.07, 6.45) is 0.978. The van der Waals surface area contributed by atoms with Crippen molar-refractivity contribution in [2.24, 2.45) is 5.73 Å². The molecule has 0 aliphatic rings. The van der Waals surface area contributed by atoms with Gasteiger partial charge in [0.05, 0.1) is 12.1 Å². The number of phenols is 1. The molecule has 184 valence electrons. The molecule has 0 saturated heterocycles. The molecule has 0 spiro atoms. The van der Waals surface area contributed by atoms with Gasteiger partial charge in [0.25, 0.3) is 0 Å². The fourth-order valence-corrected chi connectivity index (χ4v) is 3.28. The number of carbonyl (C=O) groups excluding carboxylic acids is 3. The fourth-order valence-electron chi connectivity index (χ4n) is 2.81. The minimum absolute atomic E-state index is 0.0897. The van der Waals surface area contributed by atoms with Crippen LogP contribution in [0.2, 0.25) is 0 Å². The Labute approximate surface area is 196 Å². The molecule has 0 radical (unpaired) electrons. The van der Waals surface area contributed by atoms with Crippen molar-refractivity contribution in [3.8, 4) is 5.75 Å². The number of hydrogen-bond donors (Lipinski definition) is 7. The molecule has 5 atom stereocenters. The molecule has 11 nitrogen and oxygen atoms in total. The lowest BCUT2D eigenvalue weighted by atomic mass is 10.0. The Hall–Kier alpha value is -2.83. The van der Waals surface area contributed by atoms with Gasteiger partial charge in [-0.3, -0.25) is 14.4 Å². The first-order valence-corrected chi connectivity index (χ1v) is 11.7. The van der Waals surface area contributed by atoms with Crippen LogP contribution in [0.25, 0.3) is 0 Å². The number of amides is 3. The molecule has 0 aliphatic heterocycles. The lowest BCUT2D eigenvalue weighted by Gasteiger charge is -2.24. The number of carboxylic acids is 1. The summed E-state index contributed by atoms with van der Waals surface area (Å²) < 4.78 is 0. The first-order valence-electron chi connectivity index (χ1n) is 10.3. The van der Waals surface area contributed by atoms with Crippen LogP contribution in [-0.4, -0.2) is 81.3 Å². The third-order valence-corrected chi connectivity index (χ3v) is 5.41. The average molecular weight is 485 g/mol. The average Bonchev–Trinajstić information content (AvgIpc) is 2.75. The Balaban J connectivity index is 2.76. The Morgan fingerprint density at radius 1 is 1.00 bits per heavy atom. The summed E-state index contributed by atoms with van der Waals surface area (Å²) in [4.78, 5) is 48.7. The number of hydrogen-bond acceptors (Lipinski definition) is 8. The first-order chi connectivity index (χ1) is 15.5. The SMILES string of the molecule is CSCCC(NC(=O)C(N)Cc1ccc(O)cc1)C(=O)NC(C)C(=O)NC(C(=O)O)C(C)O. The topological polar surface area (TPSA) is 191 Å². The molecule has 0 heterocycles. The van der Waals surface area contributed by atoms with Crippen molar-refractivity contribution in [1.29, 1.82) is 0 Å². The van der Waals surface area contributed by atoms with Crippen LogP contribution in [-0.2, 0) is 25.6 Å². The van der Waals surface area contributed by atoms with Gasteiger partial charge in [-0.15, -0.1) is 0 Å². The number of phenolic OH excluding ortho intramolecular Hbond substituents is 1. The van der Waals surface area contributed by atoms with Crippen LogP contribution in [0.15, 0.2) is 24.3 Å². The molecule has 0 bridgehead atoms. The van der Waals surface area contributed by atoms with Gasteiger partial charge >= 0.3 is 5.97 Å². The van der Waals surface area contributed by atoms with Crippen LogP contribution in [0.4, 0.5) is 0 Å². The van der Waals surface area contributed by atoms with Crippen LogP contribution in [0.3, 0.4) is 0 Å². The highest BCUT2D eigenvalue weighted by atomic mass is 32.2. The number of rotatable bonds is 13. The molecule has 1 aromatic rings. The van der Waals surface area contributed by atoms with E-state index >= 15 is 0 Å². The van der Waals surface area contributed by atoms with Crippen molar-refractivity contribution < 1.29 is 34.5 Å². The molecule has 3 amide bonds. The second-order valence-electron chi connectivity index (χ2n) is 7.62. The first kappa shape index (κ1) is 28.2. The summed E-state index contributed by atoms with van der Waals surface area (Å²) in [5, 5.41) is 35.1. The van der Waals surface area contributed by atoms with Crippen molar-refractivity contribution >= 4 is 35.5 Å². The third kappa shape index (κ3) is 9.68. The predicted octanol–water partition coefficient (Wildman–Crippen LogP) is -1.05. The number of aromatic hydroxyl groups is 1. The lowest BCUT2D eigenvalue weighted by Crippen LogP contribution is -2.57. The van der Waals surface area contributed by atoms with E-state index in [4.69, 9.17) is 10.8 Å². The summed E-state index contributed by atoms with van der Waals surface area (Å²) >= 11 is 1.47. The van der Waals surface area contributed by atoms with Crippen LogP contribution >= 0.6 is 11.8 Å². The number of benzene rings is 1. The second-order valence-corrected chi connectivity index (χ2v) is 8.60. The minimum atomic E-state index is -1.53. The van der Waals surface area contributed by atoms with E-state index in [9.17, 15) is 29.4 Å². The van der Waals surface area contributed by atoms with E-state index in [0.717, 1.165) is 5.56 Å². The number of carboxylic acid groups (broad SMARTS) is 1. The predicted molar refractivity (Wildman–Crippen MR) is 124 cm³/mol. The summed E-state index contributed by atoms with van der Waals surface area (Å²) in [5.41, 5.74) is 6.70. The van der Waals surface area contributed by atoms with Crippen LogP contribution < -0.4 is 21.7 Å². The maximum Gasteiger partial charge on any atom is 0.328 e. The molecule has 1 aromatic carbocycles. The zero-order valence-corrected chi connectivity index (χ0v) is 19.6. The standard InChI is InChI=1S/C21H32N4O7S/c1-11(18(28)25-17(12(2)26)21(31)32)23-20(30)16(8-9-33-3)24-19(29)15(22)10-13-4-6-14(27)7-5-13/h4-7,11-12,15-17,26-27H,8-10,22H2,1-3H3,(H,23,30)(H,24,29)(H,25,28)(H,31,32). The summed E-state index contributed by atoms with van der Waals surface area (Å²) in [7, 11) is 0. The van der Waals surface area contributed by atoms with Gasteiger partial charge in [-0.05, 0) is 56.4 Å². The van der Waals surface area contributed by atoms with Gasteiger partial charge in [0, 0.05) is 0 Å². The maximum atomic E-state index is 12.7. The number of thioether (sulfide) groups is 1. The van der Waals surface area contributed by atoms with E-state index in [1.807, 2.05) is 6.26 Å². The van der Waals surface area contributed by atoms with Crippen molar-refractivity contribution in [3.63, 3.8) is 0 Å². The lowest BCUT2D eigenvalue weighted by molar-refractivity contribution is -0.145. The van der Waals surface area contributed by atoms with Gasteiger partial charge in [0.1, 0.15) is 17.8 Å². The van der Waals surface area contributed by atoms with Gasteiger partial charge in [0.2, 0.25) is 17.7 Å². The van der Waals surface area contributed by atoms with Crippen molar-refractivity contribution in [3.05, 3.63) is 29.8 Å². The zero-order chi connectivity index (χ0) is 25.1. The third-order valence-electron chi connectivity index (χ3n) is 4.77. The Morgan fingerprint density at radius 2 is 1.61 bits per heavy atom. The van der Waals surface area contributed by atoms with Crippen molar-refractivity contribution in [1.82, 2.24) is 16.0 Å². The highest BCUT2D eigenvalue weighted by Crippen LogP contribution is 2.11. The molecule has 0 saturated carbocycles. The number of nitrogens with one attached hydrogen (secondary N) is 3. The molecule has 33 heavy (non-hydrogen) atoms. The van der Waals surface area contributed by atoms with Crippen molar-refractivity contribution in [2.45, 2.75) is 57.0 Å². The van der Waals surface area contributed by atoms with Gasteiger partial charge < -0.3 is 37.0 Å². The van der Waals surface area contributed by atoms with E-state index < -0.39 is 54.0 Å². The Kier molecular flexibility index (Phi) is 11.7. The van der Waals surface area contributed by atoms with E-state index in [-0.39, 0.29) is 18.6 Å². The Morgan fingerprint density at radius 3 is 2.12 bits per heavy atom. The van der Waals surface area contributed by atoms with Crippen molar-refractivity contribution in [2.75, 3.05) is 12.0 Å². The fraction of sp³-hybridized carbons (Fsp3) is 0.524. The van der Waals surface area contributed by atoms with E-state index in [0.29, 0.717) is 5.75 Å². The van der Waals surface area contributed by atoms with Gasteiger partial charge in [0.15, 0.2) is 6.04 Å². The second kappa shape index (κ2) is 13.7. The highest BCUT2D eigenvalue weighted by Gasteiger charge is 2.30. The molecule has 12 heteroatoms. The maximum absolute atomic E-state index is 12.7. The summed E-state index contributed by atoms with van der Waals surface area (Å²) in [6.45, 7) is 2.58. The van der Waals surface area contributed by atoms with Crippen LogP contribution in [0.5, 0.6) is 5.75 Å². The number of carbonyl (C=O) groups is 4. The van der Waals surface area contributed by atoms with E-state index in [1.54, 1.807) is 12.1 Å². The van der Waals surface area contributed by atoms with E-state index in [1.165, 1.54) is 37.7 Å². The molecule has 5 unspecified atom stereocenters. The quantitative estimate of drug-likeness (QED) is 0.183. The molecule has 0 fully saturated rings. The monoisotopic (exact) mass is 484 g/mol. The number of nitrogens with two attached hydrogens (primary N) is 1. The minimum Gasteiger partial charge on any atom is -0.508 e. The molecule has 8 N–H and O–H groups in total.